The van der Waals surface area contributed by atoms with Crippen molar-refractivity contribution in [2.45, 2.75) is 31.1 Å². The summed E-state index contributed by atoms with van der Waals surface area (Å²) in [4.78, 5) is 37.9. The monoisotopic (exact) mass is 490 g/mol. The predicted molar refractivity (Wildman–Crippen MR) is 134 cm³/mol. The summed E-state index contributed by atoms with van der Waals surface area (Å²) < 4.78 is 24.0. The van der Waals surface area contributed by atoms with Crippen LogP contribution in [0.25, 0.3) is 0 Å². The van der Waals surface area contributed by atoms with Crippen molar-refractivity contribution in [3.8, 4) is 5.75 Å². The van der Waals surface area contributed by atoms with Crippen molar-refractivity contribution in [3.05, 3.63) is 89.7 Å². The molecule has 1 aliphatic rings. The number of nitrogens with one attached hydrogen (secondary N) is 2. The third-order valence-corrected chi connectivity index (χ3v) is 6.37. The Hall–Kier alpha value is -4.20. The summed E-state index contributed by atoms with van der Waals surface area (Å²) >= 11 is 0. The van der Waals surface area contributed by atoms with E-state index in [4.69, 9.17) is 9.47 Å². The van der Waals surface area contributed by atoms with Gasteiger partial charge in [-0.2, -0.15) is 0 Å². The maximum atomic E-state index is 13.4. The van der Waals surface area contributed by atoms with E-state index in [1.807, 2.05) is 0 Å². The smallest absolute Gasteiger partial charge is 0.317 e. The summed E-state index contributed by atoms with van der Waals surface area (Å²) in [6, 6.07) is 19.3. The molecule has 0 bridgehead atoms. The molecule has 3 aromatic rings. The summed E-state index contributed by atoms with van der Waals surface area (Å²) in [5, 5.41) is 5.45. The van der Waals surface area contributed by atoms with Crippen LogP contribution < -0.4 is 15.4 Å². The van der Waals surface area contributed by atoms with Crippen LogP contribution in [-0.2, 0) is 19.7 Å². The summed E-state index contributed by atoms with van der Waals surface area (Å²) in [6.45, 7) is -0.447. The predicted octanol–water partition coefficient (Wildman–Crippen LogP) is 5.08. The van der Waals surface area contributed by atoms with Crippen LogP contribution in [0, 0.1) is 5.82 Å². The first-order chi connectivity index (χ1) is 17.4. The average Bonchev–Trinajstić information content (AvgIpc) is 3.40. The number of esters is 1. The number of para-hydroxylation sites is 2. The molecule has 0 heterocycles. The Morgan fingerprint density at radius 2 is 1.56 bits per heavy atom. The normalized spacial score (nSPS) is 14.1. The largest absolute Gasteiger partial charge is 0.495 e. The molecule has 186 valence electrons. The van der Waals surface area contributed by atoms with Gasteiger partial charge in [-0.05, 0) is 66.9 Å². The van der Waals surface area contributed by atoms with E-state index in [1.165, 1.54) is 19.2 Å². The fraction of sp³-hybridized carbons (Fsp3) is 0.250. The number of anilines is 2. The SMILES string of the molecule is COc1ccccc1NC(=O)c1ccc(NC(=O)COC(=O)C2(c3ccc(F)cc3)CCCC2)cc1. The third-order valence-electron chi connectivity index (χ3n) is 6.37. The molecule has 0 saturated heterocycles. The molecule has 0 spiro atoms. The number of methoxy groups -OCH3 is 1. The molecule has 1 aliphatic carbocycles. The van der Waals surface area contributed by atoms with Crippen LogP contribution in [0.5, 0.6) is 5.75 Å². The van der Waals surface area contributed by atoms with Crippen LogP contribution in [0.3, 0.4) is 0 Å². The van der Waals surface area contributed by atoms with Crippen molar-refractivity contribution in [3.63, 3.8) is 0 Å². The lowest BCUT2D eigenvalue weighted by molar-refractivity contribution is -0.153. The highest BCUT2D eigenvalue weighted by atomic mass is 19.1. The van der Waals surface area contributed by atoms with E-state index in [1.54, 1.807) is 60.7 Å². The number of carbonyl (C=O) groups excluding carboxylic acids is 3. The van der Waals surface area contributed by atoms with Gasteiger partial charge in [0.1, 0.15) is 11.6 Å². The van der Waals surface area contributed by atoms with Gasteiger partial charge in [-0.1, -0.05) is 37.1 Å². The lowest BCUT2D eigenvalue weighted by Crippen LogP contribution is -2.36. The van der Waals surface area contributed by atoms with E-state index in [2.05, 4.69) is 10.6 Å². The van der Waals surface area contributed by atoms with E-state index in [0.717, 1.165) is 12.8 Å². The number of hydrogen-bond donors (Lipinski definition) is 2. The summed E-state index contributed by atoms with van der Waals surface area (Å²) in [7, 11) is 1.52. The van der Waals surface area contributed by atoms with Gasteiger partial charge in [-0.25, -0.2) is 4.39 Å². The van der Waals surface area contributed by atoms with Gasteiger partial charge in [-0.3, -0.25) is 14.4 Å². The fourth-order valence-electron chi connectivity index (χ4n) is 4.47. The number of hydrogen-bond acceptors (Lipinski definition) is 5. The van der Waals surface area contributed by atoms with E-state index >= 15 is 0 Å². The number of benzene rings is 3. The fourth-order valence-corrected chi connectivity index (χ4v) is 4.47. The van der Waals surface area contributed by atoms with E-state index < -0.39 is 23.9 Å². The zero-order chi connectivity index (χ0) is 25.5. The number of amides is 2. The molecule has 0 aliphatic heterocycles. The summed E-state index contributed by atoms with van der Waals surface area (Å²) in [6.07, 6.45) is 2.90. The molecule has 0 aromatic heterocycles. The second kappa shape index (κ2) is 11.0. The minimum atomic E-state index is -0.857. The lowest BCUT2D eigenvalue weighted by Gasteiger charge is -2.27. The summed E-state index contributed by atoms with van der Waals surface area (Å²) in [5.74, 6) is -1.13. The topological polar surface area (TPSA) is 93.7 Å². The van der Waals surface area contributed by atoms with Gasteiger partial charge in [-0.15, -0.1) is 0 Å². The molecule has 0 atom stereocenters. The molecule has 4 rings (SSSR count). The average molecular weight is 491 g/mol. The molecule has 0 radical (unpaired) electrons. The highest BCUT2D eigenvalue weighted by Gasteiger charge is 2.44. The van der Waals surface area contributed by atoms with Crippen LogP contribution in [0.2, 0.25) is 0 Å². The first-order valence-electron chi connectivity index (χ1n) is 11.7. The van der Waals surface area contributed by atoms with Crippen molar-refractivity contribution in [2.24, 2.45) is 0 Å². The molecular formula is C28H27FN2O5. The van der Waals surface area contributed by atoms with Gasteiger partial charge >= 0.3 is 5.97 Å². The van der Waals surface area contributed by atoms with E-state index in [0.29, 0.717) is 41.1 Å². The van der Waals surface area contributed by atoms with Gasteiger partial charge in [0.05, 0.1) is 18.2 Å². The maximum Gasteiger partial charge on any atom is 0.317 e. The molecule has 2 N–H and O–H groups in total. The second-order valence-corrected chi connectivity index (χ2v) is 8.65. The van der Waals surface area contributed by atoms with Crippen LogP contribution in [-0.4, -0.2) is 31.5 Å². The molecule has 7 nitrogen and oxygen atoms in total. The molecule has 8 heteroatoms. The minimum absolute atomic E-state index is 0.325. The Labute approximate surface area is 208 Å². The maximum absolute atomic E-state index is 13.4. The zero-order valence-corrected chi connectivity index (χ0v) is 19.9. The van der Waals surface area contributed by atoms with Crippen LogP contribution in [0.1, 0.15) is 41.6 Å². The van der Waals surface area contributed by atoms with Crippen molar-refractivity contribution in [1.29, 1.82) is 0 Å². The van der Waals surface area contributed by atoms with Gasteiger partial charge in [0.25, 0.3) is 11.8 Å². The molecule has 1 saturated carbocycles. The number of ether oxygens (including phenoxy) is 2. The molecular weight excluding hydrogens is 463 g/mol. The Kier molecular flexibility index (Phi) is 7.63. The van der Waals surface area contributed by atoms with Gasteiger partial charge in [0.2, 0.25) is 0 Å². The number of rotatable bonds is 8. The molecule has 36 heavy (non-hydrogen) atoms. The van der Waals surface area contributed by atoms with Gasteiger partial charge in [0, 0.05) is 11.3 Å². The van der Waals surface area contributed by atoms with Crippen molar-refractivity contribution < 1.29 is 28.2 Å². The van der Waals surface area contributed by atoms with Crippen LogP contribution in [0.15, 0.2) is 72.8 Å². The van der Waals surface area contributed by atoms with Crippen molar-refractivity contribution in [1.82, 2.24) is 0 Å². The van der Waals surface area contributed by atoms with Crippen LogP contribution >= 0.6 is 0 Å². The zero-order valence-electron chi connectivity index (χ0n) is 19.9. The Balaban J connectivity index is 1.33. The summed E-state index contributed by atoms with van der Waals surface area (Å²) in [5.41, 5.74) is 1.25. The molecule has 1 fully saturated rings. The first-order valence-corrected chi connectivity index (χ1v) is 11.7. The highest BCUT2D eigenvalue weighted by Crippen LogP contribution is 2.42. The van der Waals surface area contributed by atoms with Gasteiger partial charge in [0.15, 0.2) is 6.61 Å². The van der Waals surface area contributed by atoms with Crippen LogP contribution in [0.4, 0.5) is 15.8 Å². The Bertz CT molecular complexity index is 1240. The Morgan fingerprint density at radius 3 is 2.22 bits per heavy atom. The Morgan fingerprint density at radius 1 is 0.889 bits per heavy atom. The highest BCUT2D eigenvalue weighted by molar-refractivity contribution is 6.05. The quantitative estimate of drug-likeness (QED) is 0.430. The molecule has 2 amide bonds. The number of halogens is 1. The van der Waals surface area contributed by atoms with E-state index in [9.17, 15) is 18.8 Å². The van der Waals surface area contributed by atoms with Crippen molar-refractivity contribution >= 4 is 29.2 Å². The first kappa shape index (κ1) is 24.9. The standard InChI is InChI=1S/C28H27FN2O5/c1-35-24-7-3-2-6-23(24)31-26(33)19-8-14-22(15-9-19)30-25(32)18-36-27(34)28(16-4-5-17-28)20-10-12-21(29)13-11-20/h2-3,6-15H,4-5,16-18H2,1H3,(H,30,32)(H,31,33). The van der Waals surface area contributed by atoms with Gasteiger partial charge < -0.3 is 20.1 Å². The van der Waals surface area contributed by atoms with Crippen molar-refractivity contribution in [2.75, 3.05) is 24.4 Å². The lowest BCUT2D eigenvalue weighted by atomic mass is 9.79. The number of carbonyl (C=O) groups is 3. The van der Waals surface area contributed by atoms with E-state index in [-0.39, 0.29) is 11.7 Å². The molecule has 0 unspecified atom stereocenters. The second-order valence-electron chi connectivity index (χ2n) is 8.65. The molecule has 3 aromatic carbocycles. The minimum Gasteiger partial charge on any atom is -0.495 e. The third kappa shape index (κ3) is 5.54.